The third-order valence-corrected chi connectivity index (χ3v) is 5.35. The third-order valence-electron chi connectivity index (χ3n) is 3.91. The lowest BCUT2D eigenvalue weighted by atomic mass is 9.97. The second-order valence-corrected chi connectivity index (χ2v) is 7.05. The number of fused-ring (bicyclic) bond motifs is 1. The largest absolute Gasteiger partial charge is 0.341 e. The van der Waals surface area contributed by atoms with Crippen LogP contribution in [0.2, 0.25) is 5.02 Å². The van der Waals surface area contributed by atoms with E-state index >= 15 is 0 Å². The second-order valence-electron chi connectivity index (χ2n) is 5.55. The summed E-state index contributed by atoms with van der Waals surface area (Å²) >= 11 is 7.74. The minimum absolute atomic E-state index is 0. The SMILES string of the molecule is C[C@@H](N)C(=O)N1CCC(c2nc3cc(Cl)ccc3s2)CC1.Cl.Cl. The topological polar surface area (TPSA) is 59.2 Å². The van der Waals surface area contributed by atoms with Crippen LogP contribution in [-0.2, 0) is 4.79 Å². The lowest BCUT2D eigenvalue weighted by Gasteiger charge is -2.32. The van der Waals surface area contributed by atoms with Gasteiger partial charge in [0.1, 0.15) is 0 Å². The van der Waals surface area contributed by atoms with E-state index in [-0.39, 0.29) is 30.7 Å². The molecule has 0 bridgehead atoms. The van der Waals surface area contributed by atoms with Crippen LogP contribution in [0.4, 0.5) is 0 Å². The molecule has 2 N–H and O–H groups in total. The van der Waals surface area contributed by atoms with Crippen LogP contribution in [0.1, 0.15) is 30.7 Å². The molecule has 1 atom stereocenters. The van der Waals surface area contributed by atoms with Crippen molar-refractivity contribution in [2.24, 2.45) is 5.73 Å². The zero-order chi connectivity index (χ0) is 15.0. The lowest BCUT2D eigenvalue weighted by Crippen LogP contribution is -2.45. The summed E-state index contributed by atoms with van der Waals surface area (Å²) < 4.78 is 1.17. The molecule has 1 fully saturated rings. The lowest BCUT2D eigenvalue weighted by molar-refractivity contribution is -0.133. The number of carbonyl (C=O) groups excluding carboxylic acids is 1. The van der Waals surface area contributed by atoms with E-state index < -0.39 is 6.04 Å². The number of halogens is 3. The predicted molar refractivity (Wildman–Crippen MR) is 101 cm³/mol. The Morgan fingerprint density at radius 2 is 2.04 bits per heavy atom. The van der Waals surface area contributed by atoms with E-state index in [9.17, 15) is 4.79 Å². The number of thiazole rings is 1. The molecule has 23 heavy (non-hydrogen) atoms. The summed E-state index contributed by atoms with van der Waals surface area (Å²) in [6.07, 6.45) is 1.90. The molecule has 1 aromatic heterocycles. The van der Waals surface area contributed by atoms with Gasteiger partial charge in [-0.3, -0.25) is 4.79 Å². The first kappa shape index (κ1) is 20.5. The van der Waals surface area contributed by atoms with Crippen LogP contribution in [0.3, 0.4) is 0 Å². The number of amides is 1. The van der Waals surface area contributed by atoms with Crippen molar-refractivity contribution in [3.8, 4) is 0 Å². The molecular weight excluding hydrogens is 377 g/mol. The standard InChI is InChI=1S/C15H18ClN3OS.2ClH/c1-9(17)15(20)19-6-4-10(5-7-19)14-18-12-8-11(16)2-3-13(12)21-14;;/h2-3,8-10H,4-7,17H2,1H3;2*1H/t9-;;/m1../s1. The van der Waals surface area contributed by atoms with E-state index in [1.54, 1.807) is 18.3 Å². The Morgan fingerprint density at radius 1 is 1.39 bits per heavy atom. The van der Waals surface area contributed by atoms with Crippen molar-refractivity contribution in [3.63, 3.8) is 0 Å². The van der Waals surface area contributed by atoms with Gasteiger partial charge >= 0.3 is 0 Å². The summed E-state index contributed by atoms with van der Waals surface area (Å²) in [7, 11) is 0. The van der Waals surface area contributed by atoms with Gasteiger partial charge < -0.3 is 10.6 Å². The number of hydrogen-bond donors (Lipinski definition) is 1. The van der Waals surface area contributed by atoms with Crippen LogP contribution in [0.25, 0.3) is 10.2 Å². The van der Waals surface area contributed by atoms with Gasteiger partial charge in [0.2, 0.25) is 5.91 Å². The molecule has 0 saturated carbocycles. The normalized spacial score (nSPS) is 16.6. The molecule has 0 aliphatic carbocycles. The average molecular weight is 397 g/mol. The van der Waals surface area contributed by atoms with Crippen LogP contribution in [0, 0.1) is 0 Å². The fourth-order valence-corrected chi connectivity index (χ4v) is 4.01. The molecule has 0 radical (unpaired) electrons. The number of carbonyl (C=O) groups is 1. The summed E-state index contributed by atoms with van der Waals surface area (Å²) in [6, 6.07) is 5.42. The number of rotatable bonds is 2. The van der Waals surface area contributed by atoms with Crippen molar-refractivity contribution >= 4 is 63.9 Å². The van der Waals surface area contributed by atoms with Gasteiger partial charge in [-0.2, -0.15) is 0 Å². The Morgan fingerprint density at radius 3 is 2.65 bits per heavy atom. The molecule has 1 saturated heterocycles. The van der Waals surface area contributed by atoms with E-state index in [2.05, 4.69) is 0 Å². The van der Waals surface area contributed by atoms with E-state index in [1.165, 1.54) is 4.70 Å². The quantitative estimate of drug-likeness (QED) is 0.839. The molecule has 1 aromatic carbocycles. The fourth-order valence-electron chi connectivity index (χ4n) is 2.73. The maximum absolute atomic E-state index is 11.9. The highest BCUT2D eigenvalue weighted by molar-refractivity contribution is 7.18. The number of benzene rings is 1. The number of aromatic nitrogens is 1. The van der Waals surface area contributed by atoms with Gasteiger partial charge in [0.05, 0.1) is 21.3 Å². The summed E-state index contributed by atoms with van der Waals surface area (Å²) in [4.78, 5) is 18.5. The molecule has 8 heteroatoms. The Balaban J connectivity index is 0.00000132. The molecule has 3 rings (SSSR count). The number of nitrogens with two attached hydrogens (primary N) is 1. The number of nitrogens with zero attached hydrogens (tertiary/aromatic N) is 2. The zero-order valence-corrected chi connectivity index (χ0v) is 15.9. The smallest absolute Gasteiger partial charge is 0.239 e. The minimum Gasteiger partial charge on any atom is -0.341 e. The van der Waals surface area contributed by atoms with Crippen molar-refractivity contribution in [2.75, 3.05) is 13.1 Å². The van der Waals surface area contributed by atoms with Gasteiger partial charge in [-0.15, -0.1) is 36.2 Å². The van der Waals surface area contributed by atoms with Crippen molar-refractivity contribution in [2.45, 2.75) is 31.7 Å². The average Bonchev–Trinajstić information content (AvgIpc) is 2.89. The van der Waals surface area contributed by atoms with Crippen LogP contribution < -0.4 is 5.73 Å². The Bertz CT molecular complexity index is 669. The Hall–Kier alpha value is -0.590. The molecule has 1 aliphatic heterocycles. The highest BCUT2D eigenvalue weighted by atomic mass is 35.5. The van der Waals surface area contributed by atoms with E-state index in [0.29, 0.717) is 5.92 Å². The first-order valence-corrected chi connectivity index (χ1v) is 8.34. The summed E-state index contributed by atoms with van der Waals surface area (Å²) in [5, 5.41) is 1.87. The molecule has 1 aliphatic rings. The van der Waals surface area contributed by atoms with Gasteiger partial charge in [-0.05, 0) is 38.0 Å². The van der Waals surface area contributed by atoms with Crippen LogP contribution >= 0.6 is 47.8 Å². The van der Waals surface area contributed by atoms with Crippen molar-refractivity contribution < 1.29 is 4.79 Å². The molecule has 4 nitrogen and oxygen atoms in total. The van der Waals surface area contributed by atoms with Gasteiger partial charge in [0.25, 0.3) is 0 Å². The van der Waals surface area contributed by atoms with Crippen molar-refractivity contribution in [1.82, 2.24) is 9.88 Å². The third kappa shape index (κ3) is 4.48. The maximum Gasteiger partial charge on any atom is 0.239 e. The van der Waals surface area contributed by atoms with Gasteiger partial charge in [0, 0.05) is 24.0 Å². The molecule has 0 unspecified atom stereocenters. The summed E-state index contributed by atoms with van der Waals surface area (Å²) in [6.45, 7) is 3.27. The molecule has 2 aromatic rings. The van der Waals surface area contributed by atoms with Gasteiger partial charge in [-0.25, -0.2) is 4.98 Å². The van der Waals surface area contributed by atoms with Gasteiger partial charge in [-0.1, -0.05) is 11.6 Å². The van der Waals surface area contributed by atoms with Gasteiger partial charge in [0.15, 0.2) is 0 Å². The summed E-state index contributed by atoms with van der Waals surface area (Å²) in [5.74, 6) is 0.475. The Labute approximate surface area is 157 Å². The fraction of sp³-hybridized carbons (Fsp3) is 0.467. The highest BCUT2D eigenvalue weighted by Crippen LogP contribution is 2.34. The highest BCUT2D eigenvalue weighted by Gasteiger charge is 2.27. The molecule has 1 amide bonds. The summed E-state index contributed by atoms with van der Waals surface area (Å²) in [5.41, 5.74) is 6.63. The second kappa shape index (κ2) is 8.49. The van der Waals surface area contributed by atoms with E-state index in [0.717, 1.165) is 41.5 Å². The van der Waals surface area contributed by atoms with Crippen LogP contribution in [-0.4, -0.2) is 34.9 Å². The van der Waals surface area contributed by atoms with Crippen molar-refractivity contribution in [1.29, 1.82) is 0 Å². The predicted octanol–water partition coefficient (Wildman–Crippen LogP) is 3.85. The maximum atomic E-state index is 11.9. The number of piperidine rings is 1. The van der Waals surface area contributed by atoms with E-state index in [1.807, 2.05) is 23.1 Å². The van der Waals surface area contributed by atoms with Crippen LogP contribution in [0.5, 0.6) is 0 Å². The first-order chi connectivity index (χ1) is 10.0. The number of hydrogen-bond acceptors (Lipinski definition) is 4. The molecule has 0 spiro atoms. The monoisotopic (exact) mass is 395 g/mol. The number of likely N-dealkylation sites (tertiary alicyclic amines) is 1. The molecular formula is C15H20Cl3N3OS. The molecule has 128 valence electrons. The minimum atomic E-state index is -0.411. The molecule has 2 heterocycles. The van der Waals surface area contributed by atoms with Crippen molar-refractivity contribution in [3.05, 3.63) is 28.2 Å². The van der Waals surface area contributed by atoms with E-state index in [4.69, 9.17) is 22.3 Å². The zero-order valence-electron chi connectivity index (χ0n) is 12.7. The first-order valence-electron chi connectivity index (χ1n) is 7.15. The Kier molecular flexibility index (Phi) is 7.55. The van der Waals surface area contributed by atoms with Crippen LogP contribution in [0.15, 0.2) is 18.2 Å².